The number of aryl methyl sites for hydroxylation is 1. The third-order valence-electron chi connectivity index (χ3n) is 5.89. The predicted molar refractivity (Wildman–Crippen MR) is 116 cm³/mol. The van der Waals surface area contributed by atoms with Crippen LogP contribution in [0.25, 0.3) is 22.9 Å². The van der Waals surface area contributed by atoms with Crippen LogP contribution in [0.15, 0.2) is 18.5 Å². The molecule has 0 aliphatic carbocycles. The molecular weight excluding hydrogens is 453 g/mol. The number of pyridine rings is 1. The first-order valence-electron chi connectivity index (χ1n) is 11.1. The number of halogens is 3. The highest BCUT2D eigenvalue weighted by atomic mass is 19.4. The summed E-state index contributed by atoms with van der Waals surface area (Å²) in [4.78, 5) is 15.6. The standard InChI is InChI=1S/C21H25F3N8O2/c1-13-27-20(32(29-13)11-21(22,23)24)16-9-30-5-6-34-17-7-18(26-8-15(17)19(30)28-16)31-4-2-3-14(31)10-33-12-25/h7-9,14H,2-6,10-12,25H2,1H3/t14-/m0/s1. The number of nitrogens with two attached hydrogens (primary N) is 1. The van der Waals surface area contributed by atoms with Crippen molar-refractivity contribution in [2.45, 2.75) is 45.1 Å². The van der Waals surface area contributed by atoms with E-state index in [1.165, 1.54) is 0 Å². The van der Waals surface area contributed by atoms with Gasteiger partial charge in [0.1, 0.15) is 42.1 Å². The van der Waals surface area contributed by atoms with Crippen molar-refractivity contribution in [2.75, 3.05) is 31.4 Å². The molecule has 1 saturated heterocycles. The van der Waals surface area contributed by atoms with Crippen molar-refractivity contribution >= 4 is 5.82 Å². The molecule has 0 spiro atoms. The third kappa shape index (κ3) is 4.44. The van der Waals surface area contributed by atoms with E-state index in [9.17, 15) is 13.2 Å². The van der Waals surface area contributed by atoms with Crippen molar-refractivity contribution in [3.8, 4) is 28.7 Å². The van der Waals surface area contributed by atoms with Crippen molar-refractivity contribution in [2.24, 2.45) is 5.73 Å². The van der Waals surface area contributed by atoms with Crippen LogP contribution in [0.4, 0.5) is 19.0 Å². The molecule has 3 aromatic heterocycles. The van der Waals surface area contributed by atoms with Gasteiger partial charge in [-0.05, 0) is 19.8 Å². The predicted octanol–water partition coefficient (Wildman–Crippen LogP) is 2.37. The lowest BCUT2D eigenvalue weighted by molar-refractivity contribution is -0.142. The van der Waals surface area contributed by atoms with Crippen LogP contribution < -0.4 is 15.4 Å². The number of rotatable bonds is 6. The smallest absolute Gasteiger partial charge is 0.408 e. The normalized spacial score (nSPS) is 17.9. The first kappa shape index (κ1) is 22.6. The van der Waals surface area contributed by atoms with Gasteiger partial charge in [-0.1, -0.05) is 0 Å². The lowest BCUT2D eigenvalue weighted by Crippen LogP contribution is -2.34. The molecule has 0 amide bonds. The molecule has 10 nitrogen and oxygen atoms in total. The summed E-state index contributed by atoms with van der Waals surface area (Å²) in [7, 11) is 0. The fraction of sp³-hybridized carbons (Fsp3) is 0.524. The van der Waals surface area contributed by atoms with Gasteiger partial charge in [0.05, 0.1) is 31.5 Å². The molecule has 0 aromatic carbocycles. The Labute approximate surface area is 193 Å². The van der Waals surface area contributed by atoms with E-state index in [-0.39, 0.29) is 24.4 Å². The van der Waals surface area contributed by atoms with Crippen LogP contribution in [0.2, 0.25) is 0 Å². The second-order valence-corrected chi connectivity index (χ2v) is 8.31. The Kier molecular flexibility index (Phi) is 5.90. The average molecular weight is 478 g/mol. The van der Waals surface area contributed by atoms with Crippen LogP contribution in [0, 0.1) is 6.92 Å². The molecular formula is C21H25F3N8O2. The average Bonchev–Trinajstić information content (AvgIpc) is 3.47. The zero-order valence-electron chi connectivity index (χ0n) is 18.6. The Hall–Kier alpha value is -3.19. The van der Waals surface area contributed by atoms with E-state index in [1.807, 2.05) is 10.6 Å². The van der Waals surface area contributed by atoms with Crippen molar-refractivity contribution < 1.29 is 22.6 Å². The summed E-state index contributed by atoms with van der Waals surface area (Å²) in [6.45, 7) is 2.74. The number of anilines is 1. The first-order chi connectivity index (χ1) is 16.3. The van der Waals surface area contributed by atoms with Gasteiger partial charge in [0.25, 0.3) is 0 Å². The van der Waals surface area contributed by atoms with Crippen LogP contribution in [0.3, 0.4) is 0 Å². The van der Waals surface area contributed by atoms with Gasteiger partial charge >= 0.3 is 6.18 Å². The van der Waals surface area contributed by atoms with Gasteiger partial charge in [-0.25, -0.2) is 19.6 Å². The molecule has 2 N–H and O–H groups in total. The van der Waals surface area contributed by atoms with Crippen LogP contribution in [-0.2, 0) is 17.8 Å². The molecule has 0 saturated carbocycles. The minimum Gasteiger partial charge on any atom is -0.491 e. The summed E-state index contributed by atoms with van der Waals surface area (Å²) in [6, 6.07) is 2.08. The van der Waals surface area contributed by atoms with Gasteiger partial charge in [-0.15, -0.1) is 0 Å². The van der Waals surface area contributed by atoms with E-state index < -0.39 is 12.7 Å². The summed E-state index contributed by atoms with van der Waals surface area (Å²) in [5, 5.41) is 3.90. The van der Waals surface area contributed by atoms with Gasteiger partial charge in [0.15, 0.2) is 5.82 Å². The quantitative estimate of drug-likeness (QED) is 0.538. The molecule has 1 atom stereocenters. The van der Waals surface area contributed by atoms with Gasteiger partial charge in [0, 0.05) is 25.0 Å². The fourth-order valence-corrected chi connectivity index (χ4v) is 4.47. The molecule has 5 heterocycles. The van der Waals surface area contributed by atoms with Crippen molar-refractivity contribution in [3.63, 3.8) is 0 Å². The van der Waals surface area contributed by atoms with E-state index in [0.29, 0.717) is 42.6 Å². The van der Waals surface area contributed by atoms with E-state index >= 15 is 0 Å². The number of hydrogen-bond donors (Lipinski definition) is 1. The highest BCUT2D eigenvalue weighted by Gasteiger charge is 2.32. The van der Waals surface area contributed by atoms with Crippen LogP contribution >= 0.6 is 0 Å². The summed E-state index contributed by atoms with van der Waals surface area (Å²) in [5.74, 6) is 2.28. The Morgan fingerprint density at radius 1 is 1.24 bits per heavy atom. The number of ether oxygens (including phenoxy) is 2. The first-order valence-corrected chi connectivity index (χ1v) is 11.1. The molecule has 2 aliphatic heterocycles. The highest BCUT2D eigenvalue weighted by Crippen LogP contribution is 2.36. The van der Waals surface area contributed by atoms with Crippen LogP contribution in [0.1, 0.15) is 18.7 Å². The summed E-state index contributed by atoms with van der Waals surface area (Å²) < 4.78 is 53.2. The summed E-state index contributed by atoms with van der Waals surface area (Å²) >= 11 is 0. The number of imidazole rings is 1. The second-order valence-electron chi connectivity index (χ2n) is 8.31. The van der Waals surface area contributed by atoms with E-state index in [4.69, 9.17) is 15.2 Å². The topological polar surface area (TPSA) is 109 Å². The zero-order valence-corrected chi connectivity index (χ0v) is 18.6. The molecule has 13 heteroatoms. The highest BCUT2D eigenvalue weighted by molar-refractivity contribution is 5.69. The van der Waals surface area contributed by atoms with Crippen molar-refractivity contribution in [1.29, 1.82) is 0 Å². The fourth-order valence-electron chi connectivity index (χ4n) is 4.47. The Balaban J connectivity index is 1.48. The second kappa shape index (κ2) is 8.87. The van der Waals surface area contributed by atoms with Gasteiger partial charge in [-0.2, -0.15) is 18.3 Å². The maximum Gasteiger partial charge on any atom is 0.408 e. The number of fused-ring (bicyclic) bond motifs is 3. The maximum absolute atomic E-state index is 13.0. The molecule has 182 valence electrons. The molecule has 1 fully saturated rings. The molecule has 2 aliphatic rings. The number of alkyl halides is 3. The zero-order chi connectivity index (χ0) is 23.9. The van der Waals surface area contributed by atoms with Crippen molar-refractivity contribution in [3.05, 3.63) is 24.3 Å². The number of hydrogen-bond acceptors (Lipinski definition) is 8. The van der Waals surface area contributed by atoms with Gasteiger partial charge < -0.3 is 24.7 Å². The van der Waals surface area contributed by atoms with Crippen LogP contribution in [-0.4, -0.2) is 68.0 Å². The largest absolute Gasteiger partial charge is 0.491 e. The van der Waals surface area contributed by atoms with Crippen LogP contribution in [0.5, 0.6) is 5.75 Å². The molecule has 34 heavy (non-hydrogen) atoms. The molecule has 5 rings (SSSR count). The molecule has 0 unspecified atom stereocenters. The minimum atomic E-state index is -4.42. The van der Waals surface area contributed by atoms with E-state index in [1.54, 1.807) is 19.3 Å². The third-order valence-corrected chi connectivity index (χ3v) is 5.89. The summed E-state index contributed by atoms with van der Waals surface area (Å²) in [6.07, 6.45) is 0.979. The van der Waals surface area contributed by atoms with E-state index in [2.05, 4.69) is 25.0 Å². The Bertz CT molecular complexity index is 1180. The molecule has 3 aromatic rings. The molecule has 0 radical (unpaired) electrons. The summed E-state index contributed by atoms with van der Waals surface area (Å²) in [5.41, 5.74) is 6.46. The maximum atomic E-state index is 13.0. The minimum absolute atomic E-state index is 0.0715. The SMILES string of the molecule is Cc1nc(-c2cn3c(n2)-c2cnc(N4CCC[C@H]4COCN)cc2OCC3)n(CC(F)(F)F)n1. The van der Waals surface area contributed by atoms with Crippen molar-refractivity contribution in [1.82, 2.24) is 29.3 Å². The Morgan fingerprint density at radius 2 is 2.09 bits per heavy atom. The lowest BCUT2D eigenvalue weighted by atomic mass is 10.2. The number of aromatic nitrogens is 6. The molecule has 0 bridgehead atoms. The Morgan fingerprint density at radius 3 is 2.88 bits per heavy atom. The lowest BCUT2D eigenvalue weighted by Gasteiger charge is -2.26. The van der Waals surface area contributed by atoms with E-state index in [0.717, 1.165) is 29.9 Å². The van der Waals surface area contributed by atoms with Gasteiger partial charge in [0.2, 0.25) is 0 Å². The van der Waals surface area contributed by atoms with Gasteiger partial charge in [-0.3, -0.25) is 0 Å². The monoisotopic (exact) mass is 478 g/mol. The number of nitrogens with zero attached hydrogens (tertiary/aromatic N) is 7.